The van der Waals surface area contributed by atoms with E-state index in [2.05, 4.69) is 5.32 Å². The van der Waals surface area contributed by atoms with E-state index in [9.17, 15) is 19.5 Å². The number of hydrogen-bond donors (Lipinski definition) is 2. The lowest BCUT2D eigenvalue weighted by molar-refractivity contribution is -0.141. The van der Waals surface area contributed by atoms with E-state index in [-0.39, 0.29) is 30.3 Å². The SMILES string of the molecule is COc1ccc(C(=O)N(CCNC(C)=O)C(C)C(=O)O)c(OC)c1. The molecule has 1 aromatic carbocycles. The summed E-state index contributed by atoms with van der Waals surface area (Å²) in [5.41, 5.74) is 0.217. The fourth-order valence-corrected chi connectivity index (χ4v) is 2.09. The Bertz CT molecular complexity index is 617. The molecule has 0 spiro atoms. The number of rotatable bonds is 8. The molecule has 2 N–H and O–H groups in total. The number of ether oxygens (including phenoxy) is 2. The molecule has 0 bridgehead atoms. The Morgan fingerprint density at radius 1 is 1.25 bits per heavy atom. The number of benzene rings is 1. The van der Waals surface area contributed by atoms with Gasteiger partial charge in [-0.05, 0) is 19.1 Å². The van der Waals surface area contributed by atoms with Gasteiger partial charge in [-0.25, -0.2) is 4.79 Å². The summed E-state index contributed by atoms with van der Waals surface area (Å²) in [4.78, 5) is 36.2. The van der Waals surface area contributed by atoms with E-state index in [1.54, 1.807) is 12.1 Å². The minimum absolute atomic E-state index is 0.0566. The van der Waals surface area contributed by atoms with E-state index in [0.29, 0.717) is 5.75 Å². The predicted octanol–water partition coefficient (Wildman–Crippen LogP) is 0.755. The Morgan fingerprint density at radius 3 is 2.42 bits per heavy atom. The smallest absolute Gasteiger partial charge is 0.326 e. The highest BCUT2D eigenvalue weighted by atomic mass is 16.5. The number of methoxy groups -OCH3 is 2. The summed E-state index contributed by atoms with van der Waals surface area (Å²) < 4.78 is 10.3. The number of amides is 2. The van der Waals surface area contributed by atoms with Crippen molar-refractivity contribution in [1.29, 1.82) is 0 Å². The third-order valence-electron chi connectivity index (χ3n) is 3.45. The van der Waals surface area contributed by atoms with E-state index < -0.39 is 17.9 Å². The summed E-state index contributed by atoms with van der Waals surface area (Å²) >= 11 is 0. The second-order valence-corrected chi connectivity index (χ2v) is 5.06. The molecule has 0 fully saturated rings. The van der Waals surface area contributed by atoms with Gasteiger partial charge in [0, 0.05) is 26.1 Å². The zero-order valence-corrected chi connectivity index (χ0v) is 14.2. The van der Waals surface area contributed by atoms with Crippen LogP contribution in [-0.2, 0) is 9.59 Å². The Morgan fingerprint density at radius 2 is 1.92 bits per heavy atom. The van der Waals surface area contributed by atoms with Gasteiger partial charge in [0.05, 0.1) is 19.8 Å². The van der Waals surface area contributed by atoms with E-state index >= 15 is 0 Å². The van der Waals surface area contributed by atoms with Crippen molar-refractivity contribution in [3.05, 3.63) is 23.8 Å². The summed E-state index contributed by atoms with van der Waals surface area (Å²) in [6.45, 7) is 2.96. The molecule has 1 unspecified atom stereocenters. The minimum atomic E-state index is -1.14. The maximum Gasteiger partial charge on any atom is 0.326 e. The number of carboxylic acid groups (broad SMARTS) is 1. The van der Waals surface area contributed by atoms with Crippen LogP contribution in [0, 0.1) is 0 Å². The molecule has 0 saturated heterocycles. The van der Waals surface area contributed by atoms with Gasteiger partial charge in [-0.15, -0.1) is 0 Å². The number of nitrogens with zero attached hydrogens (tertiary/aromatic N) is 1. The molecule has 2 amide bonds. The molecule has 8 nitrogen and oxygen atoms in total. The molecule has 0 aliphatic rings. The van der Waals surface area contributed by atoms with Crippen molar-refractivity contribution in [2.45, 2.75) is 19.9 Å². The van der Waals surface area contributed by atoms with Crippen LogP contribution in [0.2, 0.25) is 0 Å². The van der Waals surface area contributed by atoms with Crippen molar-refractivity contribution in [1.82, 2.24) is 10.2 Å². The maximum atomic E-state index is 12.8. The molecule has 0 radical (unpaired) electrons. The minimum Gasteiger partial charge on any atom is -0.497 e. The Balaban J connectivity index is 3.10. The van der Waals surface area contributed by atoms with Gasteiger partial charge in [0.25, 0.3) is 5.91 Å². The highest BCUT2D eigenvalue weighted by Gasteiger charge is 2.28. The zero-order chi connectivity index (χ0) is 18.3. The van der Waals surface area contributed by atoms with Gasteiger partial charge >= 0.3 is 5.97 Å². The fourth-order valence-electron chi connectivity index (χ4n) is 2.09. The number of aliphatic carboxylic acids is 1. The highest BCUT2D eigenvalue weighted by molar-refractivity contribution is 5.99. The molecule has 132 valence electrons. The van der Waals surface area contributed by atoms with Crippen LogP contribution in [0.15, 0.2) is 18.2 Å². The van der Waals surface area contributed by atoms with Crippen LogP contribution >= 0.6 is 0 Å². The quantitative estimate of drug-likeness (QED) is 0.725. The fraction of sp³-hybridized carbons (Fsp3) is 0.438. The van der Waals surface area contributed by atoms with E-state index in [4.69, 9.17) is 9.47 Å². The van der Waals surface area contributed by atoms with Crippen molar-refractivity contribution < 1.29 is 29.0 Å². The first kappa shape index (κ1) is 19.3. The van der Waals surface area contributed by atoms with Crippen molar-refractivity contribution in [2.75, 3.05) is 27.3 Å². The van der Waals surface area contributed by atoms with Crippen molar-refractivity contribution in [3.63, 3.8) is 0 Å². The van der Waals surface area contributed by atoms with Gasteiger partial charge in [0.15, 0.2) is 0 Å². The van der Waals surface area contributed by atoms with Crippen LogP contribution in [0.3, 0.4) is 0 Å². The van der Waals surface area contributed by atoms with Crippen molar-refractivity contribution in [3.8, 4) is 11.5 Å². The average molecular weight is 338 g/mol. The van der Waals surface area contributed by atoms with Crippen LogP contribution in [0.25, 0.3) is 0 Å². The average Bonchev–Trinajstić information content (AvgIpc) is 2.56. The third kappa shape index (κ3) is 4.87. The molecule has 1 atom stereocenters. The predicted molar refractivity (Wildman–Crippen MR) is 86.4 cm³/mol. The first-order valence-corrected chi connectivity index (χ1v) is 7.32. The Kier molecular flexibility index (Phi) is 7.03. The second-order valence-electron chi connectivity index (χ2n) is 5.06. The topological polar surface area (TPSA) is 105 Å². The monoisotopic (exact) mass is 338 g/mol. The first-order valence-electron chi connectivity index (χ1n) is 7.32. The normalized spacial score (nSPS) is 11.3. The summed E-state index contributed by atoms with van der Waals surface area (Å²) in [5, 5.41) is 11.8. The Labute approximate surface area is 140 Å². The van der Waals surface area contributed by atoms with E-state index in [1.165, 1.54) is 39.0 Å². The molecule has 0 saturated carbocycles. The zero-order valence-electron chi connectivity index (χ0n) is 14.2. The molecular formula is C16H22N2O6. The van der Waals surface area contributed by atoms with Crippen molar-refractivity contribution >= 4 is 17.8 Å². The lowest BCUT2D eigenvalue weighted by Gasteiger charge is -2.27. The summed E-state index contributed by atoms with van der Waals surface area (Å²) in [6.07, 6.45) is 0. The third-order valence-corrected chi connectivity index (χ3v) is 3.45. The summed E-state index contributed by atoms with van der Waals surface area (Å²) in [5.74, 6) is -1.11. The van der Waals surface area contributed by atoms with Gasteiger partial charge in [0.2, 0.25) is 5.91 Å². The van der Waals surface area contributed by atoms with Crippen LogP contribution < -0.4 is 14.8 Å². The Hall–Kier alpha value is -2.77. The first-order chi connectivity index (χ1) is 11.3. The molecule has 24 heavy (non-hydrogen) atoms. The number of carboxylic acids is 1. The summed E-state index contributed by atoms with van der Waals surface area (Å²) in [7, 11) is 2.90. The summed E-state index contributed by atoms with van der Waals surface area (Å²) in [6, 6.07) is 3.59. The van der Waals surface area contributed by atoms with Gasteiger partial charge in [-0.2, -0.15) is 0 Å². The largest absolute Gasteiger partial charge is 0.497 e. The molecule has 1 rings (SSSR count). The van der Waals surface area contributed by atoms with Gasteiger partial charge in [-0.1, -0.05) is 0 Å². The van der Waals surface area contributed by atoms with Crippen molar-refractivity contribution in [2.24, 2.45) is 0 Å². The van der Waals surface area contributed by atoms with Crippen LogP contribution in [0.5, 0.6) is 11.5 Å². The highest BCUT2D eigenvalue weighted by Crippen LogP contribution is 2.26. The van der Waals surface area contributed by atoms with Gasteiger partial charge in [-0.3, -0.25) is 9.59 Å². The molecule has 1 aromatic rings. The molecule has 0 heterocycles. The van der Waals surface area contributed by atoms with Gasteiger partial charge < -0.3 is 24.8 Å². The molecule has 0 aromatic heterocycles. The lowest BCUT2D eigenvalue weighted by atomic mass is 10.1. The van der Waals surface area contributed by atoms with E-state index in [1.807, 2.05) is 0 Å². The lowest BCUT2D eigenvalue weighted by Crippen LogP contribution is -2.46. The van der Waals surface area contributed by atoms with Crippen LogP contribution in [-0.4, -0.2) is 61.1 Å². The molecule has 0 aliphatic carbocycles. The maximum absolute atomic E-state index is 12.8. The standard InChI is InChI=1S/C16H22N2O6/c1-10(16(21)22)18(8-7-17-11(2)19)15(20)13-6-5-12(23-3)9-14(13)24-4/h5-6,9-10H,7-8H2,1-4H3,(H,17,19)(H,21,22). The van der Waals surface area contributed by atoms with Gasteiger partial charge in [0.1, 0.15) is 17.5 Å². The second kappa shape index (κ2) is 8.76. The molecule has 0 aliphatic heterocycles. The number of carbonyl (C=O) groups excluding carboxylic acids is 2. The number of nitrogens with one attached hydrogen (secondary N) is 1. The van der Waals surface area contributed by atoms with E-state index in [0.717, 1.165) is 0 Å². The molecular weight excluding hydrogens is 316 g/mol. The number of hydrogen-bond acceptors (Lipinski definition) is 5. The number of carbonyl (C=O) groups is 3. The van der Waals surface area contributed by atoms with Crippen LogP contribution in [0.1, 0.15) is 24.2 Å². The molecule has 8 heteroatoms. The van der Waals surface area contributed by atoms with Crippen LogP contribution in [0.4, 0.5) is 0 Å².